The van der Waals surface area contributed by atoms with Gasteiger partial charge in [-0.05, 0) is 7.05 Å². The maximum absolute atomic E-state index is 11.0. The second kappa shape index (κ2) is 6.72. The lowest BCUT2D eigenvalue weighted by Gasteiger charge is -2.06. The van der Waals surface area contributed by atoms with Crippen LogP contribution in [-0.4, -0.2) is 43.9 Å². The summed E-state index contributed by atoms with van der Waals surface area (Å²) in [5, 5.41) is 13.8. The third-order valence-corrected chi connectivity index (χ3v) is 1.77. The molecule has 0 aromatic carbocycles. The third-order valence-electron chi connectivity index (χ3n) is 1.77. The molecule has 0 unspecified atom stereocenters. The molecule has 0 heterocycles. The predicted octanol–water partition coefficient (Wildman–Crippen LogP) is -1.08. The summed E-state index contributed by atoms with van der Waals surface area (Å²) in [7, 11) is 2.99. The molecule has 1 amide bonds. The first-order valence-electron chi connectivity index (χ1n) is 4.32. The van der Waals surface area contributed by atoms with Crippen LogP contribution in [0.4, 0.5) is 0 Å². The van der Waals surface area contributed by atoms with E-state index in [1.54, 1.807) is 7.05 Å². The van der Waals surface area contributed by atoms with Gasteiger partial charge in [0.25, 0.3) is 0 Å². The van der Waals surface area contributed by atoms with Crippen LogP contribution in [0.3, 0.4) is 0 Å². The number of amides is 1. The second-order valence-electron chi connectivity index (χ2n) is 2.81. The first-order chi connectivity index (χ1) is 7.06. The standard InChI is InChI=1S/C9H14N2O4/c1-10-4-6(5-12)7(9(14)15)3-8(13)11-2/h5,10H,3-4H2,1-2H3,(H,11,13)(H,14,15)/b7-6+. The van der Waals surface area contributed by atoms with Crippen molar-refractivity contribution in [2.45, 2.75) is 6.42 Å². The molecule has 0 aromatic rings. The Morgan fingerprint density at radius 3 is 2.27 bits per heavy atom. The van der Waals surface area contributed by atoms with Gasteiger partial charge >= 0.3 is 5.97 Å². The predicted molar refractivity (Wildman–Crippen MR) is 53.3 cm³/mol. The summed E-state index contributed by atoms with van der Waals surface area (Å²) in [4.78, 5) is 32.4. The van der Waals surface area contributed by atoms with E-state index in [2.05, 4.69) is 10.6 Å². The molecule has 3 N–H and O–H groups in total. The molecule has 0 aliphatic carbocycles. The van der Waals surface area contributed by atoms with E-state index in [1.165, 1.54) is 7.05 Å². The molecular formula is C9H14N2O4. The van der Waals surface area contributed by atoms with Crippen molar-refractivity contribution in [3.63, 3.8) is 0 Å². The molecule has 15 heavy (non-hydrogen) atoms. The van der Waals surface area contributed by atoms with Gasteiger partial charge in [0, 0.05) is 19.2 Å². The van der Waals surface area contributed by atoms with Gasteiger partial charge < -0.3 is 15.7 Å². The maximum Gasteiger partial charge on any atom is 0.332 e. The Hall–Kier alpha value is -1.69. The fourth-order valence-electron chi connectivity index (χ4n) is 0.985. The number of hydrogen-bond acceptors (Lipinski definition) is 4. The van der Waals surface area contributed by atoms with Crippen LogP contribution in [-0.2, 0) is 14.4 Å². The van der Waals surface area contributed by atoms with E-state index < -0.39 is 11.9 Å². The quantitative estimate of drug-likeness (QED) is 0.386. The van der Waals surface area contributed by atoms with Gasteiger partial charge in [-0.3, -0.25) is 9.59 Å². The summed E-state index contributed by atoms with van der Waals surface area (Å²) >= 11 is 0. The van der Waals surface area contributed by atoms with Crippen molar-refractivity contribution >= 4 is 18.2 Å². The highest BCUT2D eigenvalue weighted by atomic mass is 16.4. The number of carbonyl (C=O) groups is 3. The van der Waals surface area contributed by atoms with Crippen molar-refractivity contribution in [2.24, 2.45) is 0 Å². The summed E-state index contributed by atoms with van der Waals surface area (Å²) in [5.74, 6) is -1.70. The molecule has 0 aliphatic heterocycles. The number of nitrogens with one attached hydrogen (secondary N) is 2. The lowest BCUT2D eigenvalue weighted by molar-refractivity contribution is -0.134. The number of aliphatic carboxylic acids is 1. The highest BCUT2D eigenvalue weighted by molar-refractivity contribution is 5.99. The Bertz CT molecular complexity index is 296. The fraction of sp³-hybridized carbons (Fsp3) is 0.444. The zero-order valence-electron chi connectivity index (χ0n) is 8.66. The highest BCUT2D eigenvalue weighted by Gasteiger charge is 2.16. The minimum atomic E-state index is -1.25. The van der Waals surface area contributed by atoms with E-state index in [9.17, 15) is 14.4 Å². The minimum absolute atomic E-state index is 0.0774. The van der Waals surface area contributed by atoms with Crippen LogP contribution in [0, 0.1) is 0 Å². The van der Waals surface area contributed by atoms with Crippen molar-refractivity contribution in [3.8, 4) is 0 Å². The van der Waals surface area contributed by atoms with Crippen LogP contribution >= 0.6 is 0 Å². The lowest BCUT2D eigenvalue weighted by Crippen LogP contribution is -2.23. The molecule has 0 fully saturated rings. The molecule has 0 bridgehead atoms. The van der Waals surface area contributed by atoms with Crippen molar-refractivity contribution in [3.05, 3.63) is 11.1 Å². The topological polar surface area (TPSA) is 95.5 Å². The average molecular weight is 214 g/mol. The lowest BCUT2D eigenvalue weighted by atomic mass is 10.1. The first kappa shape index (κ1) is 13.3. The molecule has 0 saturated carbocycles. The van der Waals surface area contributed by atoms with Gasteiger partial charge in [-0.2, -0.15) is 0 Å². The fourth-order valence-corrected chi connectivity index (χ4v) is 0.985. The molecule has 0 aromatic heterocycles. The summed E-state index contributed by atoms with van der Waals surface area (Å²) < 4.78 is 0. The van der Waals surface area contributed by atoms with Gasteiger partial charge in [0.05, 0.1) is 12.0 Å². The Balaban J connectivity index is 4.97. The van der Waals surface area contributed by atoms with E-state index >= 15 is 0 Å². The number of aldehydes is 1. The molecule has 0 aliphatic rings. The maximum atomic E-state index is 11.0. The SMILES string of the molecule is CNC/C(C=O)=C(/CC(=O)NC)C(=O)O. The van der Waals surface area contributed by atoms with Crippen LogP contribution in [0.5, 0.6) is 0 Å². The Kier molecular flexibility index (Phi) is 5.96. The summed E-state index contributed by atoms with van der Waals surface area (Å²) in [6.07, 6.45) is 0.143. The van der Waals surface area contributed by atoms with Crippen molar-refractivity contribution < 1.29 is 19.5 Å². The smallest absolute Gasteiger partial charge is 0.332 e. The van der Waals surface area contributed by atoms with Crippen LogP contribution in [0.2, 0.25) is 0 Å². The number of carboxylic acids is 1. The van der Waals surface area contributed by atoms with Crippen molar-refractivity contribution in [2.75, 3.05) is 20.6 Å². The molecule has 0 radical (unpaired) electrons. The average Bonchev–Trinajstić information content (AvgIpc) is 2.22. The number of hydrogen-bond donors (Lipinski definition) is 3. The zero-order chi connectivity index (χ0) is 11.8. The highest BCUT2D eigenvalue weighted by Crippen LogP contribution is 2.07. The molecule has 0 rings (SSSR count). The van der Waals surface area contributed by atoms with Crippen molar-refractivity contribution in [1.29, 1.82) is 0 Å². The third kappa shape index (κ3) is 4.37. The van der Waals surface area contributed by atoms with E-state index in [0.29, 0.717) is 6.29 Å². The first-order valence-corrected chi connectivity index (χ1v) is 4.32. The normalized spacial score (nSPS) is 11.6. The van der Waals surface area contributed by atoms with Gasteiger partial charge in [0.15, 0.2) is 0 Å². The van der Waals surface area contributed by atoms with Gasteiger partial charge in [0.1, 0.15) is 6.29 Å². The van der Waals surface area contributed by atoms with E-state index in [4.69, 9.17) is 5.11 Å². The van der Waals surface area contributed by atoms with Gasteiger partial charge in [0.2, 0.25) is 5.91 Å². The monoisotopic (exact) mass is 214 g/mol. The van der Waals surface area contributed by atoms with Crippen LogP contribution in [0.15, 0.2) is 11.1 Å². The molecule has 0 atom stereocenters. The van der Waals surface area contributed by atoms with Gasteiger partial charge in [-0.15, -0.1) is 0 Å². The van der Waals surface area contributed by atoms with Crippen LogP contribution < -0.4 is 10.6 Å². The molecular weight excluding hydrogens is 200 g/mol. The Morgan fingerprint density at radius 1 is 1.33 bits per heavy atom. The minimum Gasteiger partial charge on any atom is -0.478 e. The number of carbonyl (C=O) groups excluding carboxylic acids is 2. The number of rotatable bonds is 6. The van der Waals surface area contributed by atoms with Gasteiger partial charge in [-0.25, -0.2) is 4.79 Å². The number of carboxylic acid groups (broad SMARTS) is 1. The zero-order valence-corrected chi connectivity index (χ0v) is 8.66. The molecule has 6 nitrogen and oxygen atoms in total. The molecule has 84 valence electrons. The molecule has 0 saturated heterocycles. The summed E-state index contributed by atoms with van der Waals surface area (Å²) in [6, 6.07) is 0. The largest absolute Gasteiger partial charge is 0.478 e. The van der Waals surface area contributed by atoms with E-state index in [-0.39, 0.29) is 24.1 Å². The number of likely N-dealkylation sites (N-methyl/N-ethyl adjacent to an activating group) is 1. The summed E-state index contributed by atoms with van der Waals surface area (Å²) in [6.45, 7) is 0.127. The van der Waals surface area contributed by atoms with Crippen LogP contribution in [0.1, 0.15) is 6.42 Å². The Morgan fingerprint density at radius 2 is 1.93 bits per heavy atom. The summed E-state index contributed by atoms with van der Waals surface area (Å²) in [5.41, 5.74) is -0.104. The van der Waals surface area contributed by atoms with E-state index in [1.807, 2.05) is 0 Å². The van der Waals surface area contributed by atoms with E-state index in [0.717, 1.165) is 0 Å². The Labute approximate surface area is 87.3 Å². The second-order valence-corrected chi connectivity index (χ2v) is 2.81. The molecule has 6 heteroatoms. The van der Waals surface area contributed by atoms with Crippen molar-refractivity contribution in [1.82, 2.24) is 10.6 Å². The van der Waals surface area contributed by atoms with Crippen LogP contribution in [0.25, 0.3) is 0 Å². The molecule has 0 spiro atoms. The van der Waals surface area contributed by atoms with Gasteiger partial charge in [-0.1, -0.05) is 0 Å².